The molecule has 0 aliphatic heterocycles. The smallest absolute Gasteiger partial charge is 0.308 e. The monoisotopic (exact) mass is 420 g/mol. The van der Waals surface area contributed by atoms with Gasteiger partial charge in [0, 0.05) is 16.1 Å². The van der Waals surface area contributed by atoms with Gasteiger partial charge in [-0.1, -0.05) is 11.6 Å². The molecule has 0 fully saturated rings. The van der Waals surface area contributed by atoms with Crippen LogP contribution in [0.4, 0.5) is 29.3 Å². The van der Waals surface area contributed by atoms with E-state index < -0.39 is 23.6 Å². The minimum absolute atomic E-state index is 0.153. The third kappa shape index (κ3) is 3.87. The summed E-state index contributed by atoms with van der Waals surface area (Å²) in [6, 6.07) is 9.79. The Morgan fingerprint density at radius 2 is 1.83 bits per heavy atom. The number of fused-ring (bicyclic) bond motifs is 1. The van der Waals surface area contributed by atoms with Gasteiger partial charge in [0.05, 0.1) is 29.3 Å². The number of alkyl halides is 3. The molecular formula is C18H12ClF3N6O. The first-order valence-corrected chi connectivity index (χ1v) is 8.61. The van der Waals surface area contributed by atoms with Crippen LogP contribution >= 0.6 is 11.6 Å². The normalized spacial score (nSPS) is 11.6. The number of hydrogen-bond donors (Lipinski definition) is 3. The number of amides is 2. The number of halogens is 4. The van der Waals surface area contributed by atoms with Crippen LogP contribution in [0, 0.1) is 0 Å². The van der Waals surface area contributed by atoms with E-state index in [1.54, 1.807) is 24.4 Å². The molecule has 2 aromatic carbocycles. The summed E-state index contributed by atoms with van der Waals surface area (Å²) in [7, 11) is 0. The predicted octanol–water partition coefficient (Wildman–Crippen LogP) is 5.06. The van der Waals surface area contributed by atoms with Crippen molar-refractivity contribution in [2.75, 3.05) is 10.6 Å². The van der Waals surface area contributed by atoms with E-state index in [-0.39, 0.29) is 5.69 Å². The van der Waals surface area contributed by atoms with E-state index in [4.69, 9.17) is 11.6 Å². The van der Waals surface area contributed by atoms with Crippen LogP contribution in [0.5, 0.6) is 0 Å². The summed E-state index contributed by atoms with van der Waals surface area (Å²) in [5.41, 5.74) is -0.376. The van der Waals surface area contributed by atoms with E-state index >= 15 is 0 Å². The summed E-state index contributed by atoms with van der Waals surface area (Å²) < 4.78 is 41.7. The van der Waals surface area contributed by atoms with Gasteiger partial charge < -0.3 is 10.6 Å². The van der Waals surface area contributed by atoms with Crippen molar-refractivity contribution in [3.8, 4) is 5.69 Å². The van der Waals surface area contributed by atoms with Crippen molar-refractivity contribution in [1.29, 1.82) is 0 Å². The molecule has 4 rings (SSSR count). The minimum Gasteiger partial charge on any atom is -0.308 e. The molecule has 11 heteroatoms. The van der Waals surface area contributed by atoms with Gasteiger partial charge in [0.1, 0.15) is 0 Å². The van der Waals surface area contributed by atoms with Crippen molar-refractivity contribution in [2.45, 2.75) is 6.18 Å². The van der Waals surface area contributed by atoms with Crippen molar-refractivity contribution < 1.29 is 18.0 Å². The molecule has 0 saturated carbocycles. The van der Waals surface area contributed by atoms with Gasteiger partial charge in [-0.2, -0.15) is 23.4 Å². The van der Waals surface area contributed by atoms with Gasteiger partial charge in [-0.15, -0.1) is 0 Å². The van der Waals surface area contributed by atoms with Crippen molar-refractivity contribution in [3.05, 3.63) is 65.6 Å². The zero-order valence-corrected chi connectivity index (χ0v) is 15.2. The van der Waals surface area contributed by atoms with Crippen LogP contribution < -0.4 is 10.6 Å². The number of hydrogen-bond acceptors (Lipinski definition) is 3. The van der Waals surface area contributed by atoms with Gasteiger partial charge in [0.25, 0.3) is 0 Å². The standard InChI is InChI=1S/C18H12ClF3N6O/c19-11-2-5-13(6-3-11)28-16(18(20,21)22)15(9-24-28)26-17(29)25-12-4-1-10-8-23-27-14(10)7-12/h1-9H,(H,23,27)(H2,25,26,29). The van der Waals surface area contributed by atoms with Gasteiger partial charge >= 0.3 is 12.2 Å². The molecule has 29 heavy (non-hydrogen) atoms. The van der Waals surface area contributed by atoms with Crippen LogP contribution in [0.3, 0.4) is 0 Å². The second-order valence-electron chi connectivity index (χ2n) is 6.04. The number of nitrogens with one attached hydrogen (secondary N) is 3. The largest absolute Gasteiger partial charge is 0.435 e. The second kappa shape index (κ2) is 7.13. The number of aromatic nitrogens is 4. The van der Waals surface area contributed by atoms with E-state index in [0.717, 1.165) is 11.6 Å². The lowest BCUT2D eigenvalue weighted by molar-refractivity contribution is -0.142. The molecule has 2 aromatic heterocycles. The number of H-pyrrole nitrogens is 1. The first kappa shape index (κ1) is 18.8. The molecule has 0 atom stereocenters. The number of carbonyl (C=O) groups excluding carboxylic acids is 1. The highest BCUT2D eigenvalue weighted by molar-refractivity contribution is 6.30. The number of nitrogens with zero attached hydrogens (tertiary/aromatic N) is 3. The van der Waals surface area contributed by atoms with Crippen molar-refractivity contribution in [3.63, 3.8) is 0 Å². The Kier molecular flexibility index (Phi) is 4.63. The molecule has 2 amide bonds. The Bertz CT molecular complexity index is 1180. The quantitative estimate of drug-likeness (QED) is 0.432. The highest BCUT2D eigenvalue weighted by atomic mass is 35.5. The van der Waals surface area contributed by atoms with Gasteiger partial charge in [-0.3, -0.25) is 5.10 Å². The molecule has 0 bridgehead atoms. The average Bonchev–Trinajstić information content (AvgIpc) is 3.28. The Hall–Kier alpha value is -3.53. The Morgan fingerprint density at radius 1 is 1.07 bits per heavy atom. The predicted molar refractivity (Wildman–Crippen MR) is 102 cm³/mol. The highest BCUT2D eigenvalue weighted by Gasteiger charge is 2.39. The zero-order valence-electron chi connectivity index (χ0n) is 14.5. The molecule has 0 unspecified atom stereocenters. The number of anilines is 2. The lowest BCUT2D eigenvalue weighted by Gasteiger charge is -2.13. The number of benzene rings is 2. The van der Waals surface area contributed by atoms with Crippen LogP contribution in [0.15, 0.2) is 54.9 Å². The molecule has 0 saturated heterocycles. The van der Waals surface area contributed by atoms with Gasteiger partial charge in [0.15, 0.2) is 5.69 Å². The van der Waals surface area contributed by atoms with Crippen molar-refractivity contribution in [1.82, 2.24) is 20.0 Å². The zero-order chi connectivity index (χ0) is 20.6. The van der Waals surface area contributed by atoms with E-state index in [1.165, 1.54) is 24.3 Å². The summed E-state index contributed by atoms with van der Waals surface area (Å²) in [5.74, 6) is 0. The van der Waals surface area contributed by atoms with Crippen LogP contribution in [0.2, 0.25) is 5.02 Å². The summed E-state index contributed by atoms with van der Waals surface area (Å²) in [4.78, 5) is 12.3. The third-order valence-corrected chi connectivity index (χ3v) is 4.31. The number of carbonyl (C=O) groups is 1. The number of urea groups is 1. The molecule has 0 spiro atoms. The summed E-state index contributed by atoms with van der Waals surface area (Å²) >= 11 is 5.79. The summed E-state index contributed by atoms with van der Waals surface area (Å²) in [5, 5.41) is 16.3. The van der Waals surface area contributed by atoms with Crippen LogP contribution in [-0.4, -0.2) is 26.0 Å². The topological polar surface area (TPSA) is 87.6 Å². The molecule has 148 valence electrons. The molecule has 0 aliphatic rings. The Morgan fingerprint density at radius 3 is 2.55 bits per heavy atom. The van der Waals surface area contributed by atoms with Crippen molar-refractivity contribution in [2.24, 2.45) is 0 Å². The summed E-state index contributed by atoms with van der Waals surface area (Å²) in [6.07, 6.45) is -2.21. The van der Waals surface area contributed by atoms with E-state index in [0.29, 0.717) is 20.9 Å². The SMILES string of the molecule is O=C(Nc1ccc2cn[nH]c2c1)Nc1cnn(-c2ccc(Cl)cc2)c1C(F)(F)F. The maximum Gasteiger partial charge on any atom is 0.435 e. The first-order chi connectivity index (χ1) is 13.8. The van der Waals surface area contributed by atoms with Crippen molar-refractivity contribution >= 4 is 39.9 Å². The highest BCUT2D eigenvalue weighted by Crippen LogP contribution is 2.36. The minimum atomic E-state index is -4.76. The van der Waals surface area contributed by atoms with Gasteiger partial charge in [0.2, 0.25) is 0 Å². The fourth-order valence-corrected chi connectivity index (χ4v) is 2.92. The Balaban J connectivity index is 1.60. The fourth-order valence-electron chi connectivity index (χ4n) is 2.79. The number of aromatic amines is 1. The maximum absolute atomic E-state index is 13.7. The Labute approximate surface area is 166 Å². The van der Waals surface area contributed by atoms with E-state index in [1.807, 2.05) is 0 Å². The fraction of sp³-hybridized carbons (Fsp3) is 0.0556. The first-order valence-electron chi connectivity index (χ1n) is 8.23. The molecule has 3 N–H and O–H groups in total. The summed E-state index contributed by atoms with van der Waals surface area (Å²) in [6.45, 7) is 0. The van der Waals surface area contributed by atoms with Crippen LogP contribution in [-0.2, 0) is 6.18 Å². The third-order valence-electron chi connectivity index (χ3n) is 4.06. The van der Waals surface area contributed by atoms with Gasteiger partial charge in [-0.05, 0) is 42.5 Å². The molecule has 2 heterocycles. The van der Waals surface area contributed by atoms with Gasteiger partial charge in [-0.25, -0.2) is 9.48 Å². The van der Waals surface area contributed by atoms with Crippen LogP contribution in [0.1, 0.15) is 5.69 Å². The van der Waals surface area contributed by atoms with E-state index in [9.17, 15) is 18.0 Å². The second-order valence-corrected chi connectivity index (χ2v) is 6.48. The lowest BCUT2D eigenvalue weighted by Crippen LogP contribution is -2.22. The average molecular weight is 421 g/mol. The molecular weight excluding hydrogens is 409 g/mol. The maximum atomic E-state index is 13.7. The van der Waals surface area contributed by atoms with Crippen LogP contribution in [0.25, 0.3) is 16.6 Å². The molecule has 4 aromatic rings. The molecule has 7 nitrogen and oxygen atoms in total. The molecule has 0 radical (unpaired) electrons. The number of rotatable bonds is 3. The lowest BCUT2D eigenvalue weighted by atomic mass is 10.2. The molecule has 0 aliphatic carbocycles. The van der Waals surface area contributed by atoms with E-state index in [2.05, 4.69) is 25.9 Å².